The van der Waals surface area contributed by atoms with E-state index in [9.17, 15) is 4.79 Å². The van der Waals surface area contributed by atoms with Crippen LogP contribution in [0.3, 0.4) is 0 Å². The van der Waals surface area contributed by atoms with Gasteiger partial charge in [0.2, 0.25) is 0 Å². The van der Waals surface area contributed by atoms with Gasteiger partial charge in [-0.05, 0) is 38.5 Å². The zero-order valence-corrected chi connectivity index (χ0v) is 16.1. The summed E-state index contributed by atoms with van der Waals surface area (Å²) in [6.07, 6.45) is 1.65. The Balaban J connectivity index is 1.52. The molecule has 3 aromatic rings. The molecule has 4 rings (SSSR count). The number of thiophene rings is 1. The number of fused-ring (bicyclic) bond motifs is 1. The zero-order valence-electron chi connectivity index (χ0n) is 15.3. The van der Waals surface area contributed by atoms with E-state index in [0.29, 0.717) is 13.1 Å². The summed E-state index contributed by atoms with van der Waals surface area (Å²) < 4.78 is 0. The number of aryl methyl sites for hydroxylation is 3. The van der Waals surface area contributed by atoms with Gasteiger partial charge in [-0.15, -0.1) is 11.3 Å². The third-order valence-electron chi connectivity index (χ3n) is 5.11. The predicted molar refractivity (Wildman–Crippen MR) is 106 cm³/mol. The fourth-order valence-electron chi connectivity index (χ4n) is 3.40. The smallest absolute Gasteiger partial charge is 0.253 e. The predicted octanol–water partition coefficient (Wildman–Crippen LogP) is 3.58. The molecular formula is C20H22N4OS. The fourth-order valence-corrected chi connectivity index (χ4v) is 4.40. The third kappa shape index (κ3) is 2.94. The van der Waals surface area contributed by atoms with Gasteiger partial charge < -0.3 is 9.80 Å². The molecule has 1 amide bonds. The van der Waals surface area contributed by atoms with Gasteiger partial charge in [0.05, 0.1) is 5.39 Å². The summed E-state index contributed by atoms with van der Waals surface area (Å²) in [5, 5.41) is 1.16. The Hall–Kier alpha value is -2.47. The van der Waals surface area contributed by atoms with Gasteiger partial charge in [-0.3, -0.25) is 4.79 Å². The quantitative estimate of drug-likeness (QED) is 0.696. The molecular weight excluding hydrogens is 344 g/mol. The highest BCUT2D eigenvalue weighted by Gasteiger charge is 2.25. The molecule has 0 unspecified atom stereocenters. The number of aromatic nitrogens is 2. The normalized spacial score (nSPS) is 14.9. The van der Waals surface area contributed by atoms with Crippen molar-refractivity contribution >= 4 is 33.3 Å². The van der Waals surface area contributed by atoms with Crippen molar-refractivity contribution in [2.45, 2.75) is 20.8 Å². The summed E-state index contributed by atoms with van der Waals surface area (Å²) in [4.78, 5) is 28.2. The average molecular weight is 366 g/mol. The minimum atomic E-state index is 0.111. The summed E-state index contributed by atoms with van der Waals surface area (Å²) in [7, 11) is 0. The van der Waals surface area contributed by atoms with E-state index >= 15 is 0 Å². The van der Waals surface area contributed by atoms with Gasteiger partial charge in [-0.2, -0.15) is 0 Å². The summed E-state index contributed by atoms with van der Waals surface area (Å²) >= 11 is 1.72. The number of carbonyl (C=O) groups excluding carboxylic acids is 1. The van der Waals surface area contributed by atoms with E-state index in [0.717, 1.165) is 34.7 Å². The van der Waals surface area contributed by atoms with Gasteiger partial charge in [0.1, 0.15) is 17.0 Å². The number of benzene rings is 1. The first-order valence-electron chi connectivity index (χ1n) is 8.86. The van der Waals surface area contributed by atoms with Crippen molar-refractivity contribution < 1.29 is 4.79 Å². The van der Waals surface area contributed by atoms with Gasteiger partial charge >= 0.3 is 0 Å². The van der Waals surface area contributed by atoms with Crippen LogP contribution in [0.2, 0.25) is 0 Å². The van der Waals surface area contributed by atoms with Gasteiger partial charge in [-0.25, -0.2) is 9.97 Å². The van der Waals surface area contributed by atoms with E-state index in [2.05, 4.69) is 28.7 Å². The van der Waals surface area contributed by atoms with Crippen LogP contribution in [-0.4, -0.2) is 47.0 Å². The highest BCUT2D eigenvalue weighted by atomic mass is 32.1. The summed E-state index contributed by atoms with van der Waals surface area (Å²) in [6, 6.07) is 7.80. The van der Waals surface area contributed by atoms with Crippen LogP contribution in [0.15, 0.2) is 30.6 Å². The van der Waals surface area contributed by atoms with Crippen molar-refractivity contribution in [2.75, 3.05) is 31.1 Å². The lowest BCUT2D eigenvalue weighted by molar-refractivity contribution is 0.0746. The van der Waals surface area contributed by atoms with E-state index in [1.165, 1.54) is 16.0 Å². The maximum atomic E-state index is 12.7. The molecule has 2 aromatic heterocycles. The van der Waals surface area contributed by atoms with Gasteiger partial charge in [0, 0.05) is 36.6 Å². The molecule has 0 aliphatic carbocycles. The highest BCUT2D eigenvalue weighted by molar-refractivity contribution is 7.18. The zero-order chi connectivity index (χ0) is 18.3. The average Bonchev–Trinajstić information content (AvgIpc) is 2.96. The Morgan fingerprint density at radius 1 is 1.00 bits per heavy atom. The number of hydrogen-bond acceptors (Lipinski definition) is 5. The molecule has 134 valence electrons. The highest BCUT2D eigenvalue weighted by Crippen LogP contribution is 2.34. The van der Waals surface area contributed by atoms with E-state index < -0.39 is 0 Å². The van der Waals surface area contributed by atoms with E-state index in [-0.39, 0.29) is 5.91 Å². The maximum absolute atomic E-state index is 12.7. The van der Waals surface area contributed by atoms with E-state index in [1.54, 1.807) is 17.7 Å². The van der Waals surface area contributed by atoms with E-state index in [1.807, 2.05) is 36.1 Å². The Labute approximate surface area is 157 Å². The first-order chi connectivity index (χ1) is 12.5. The molecule has 0 atom stereocenters. The molecule has 1 fully saturated rings. The Morgan fingerprint density at radius 2 is 1.69 bits per heavy atom. The Bertz CT molecular complexity index is 956. The van der Waals surface area contributed by atoms with Crippen molar-refractivity contribution in [1.29, 1.82) is 0 Å². The molecule has 0 N–H and O–H groups in total. The maximum Gasteiger partial charge on any atom is 0.253 e. The monoisotopic (exact) mass is 366 g/mol. The number of piperazine rings is 1. The second-order valence-corrected chi connectivity index (χ2v) is 8.01. The topological polar surface area (TPSA) is 49.3 Å². The number of rotatable bonds is 2. The molecule has 1 aliphatic rings. The van der Waals surface area contributed by atoms with Crippen molar-refractivity contribution in [2.24, 2.45) is 0 Å². The van der Waals surface area contributed by atoms with Crippen LogP contribution in [-0.2, 0) is 0 Å². The standard InChI is InChI=1S/C20H22N4OS/c1-13-4-6-16(7-5-13)20(25)24-10-8-23(9-11-24)18-17-14(2)15(3)26-19(17)22-12-21-18/h4-7,12H,8-11H2,1-3H3. The summed E-state index contributed by atoms with van der Waals surface area (Å²) in [5.41, 5.74) is 3.19. The molecule has 0 radical (unpaired) electrons. The largest absolute Gasteiger partial charge is 0.352 e. The van der Waals surface area contributed by atoms with Crippen molar-refractivity contribution in [3.05, 3.63) is 52.2 Å². The Kier molecular flexibility index (Phi) is 4.36. The van der Waals surface area contributed by atoms with Gasteiger partial charge in [0.25, 0.3) is 5.91 Å². The second-order valence-electron chi connectivity index (χ2n) is 6.81. The first kappa shape index (κ1) is 17.0. The number of anilines is 1. The van der Waals surface area contributed by atoms with Crippen LogP contribution in [0.4, 0.5) is 5.82 Å². The number of carbonyl (C=O) groups is 1. The van der Waals surface area contributed by atoms with Crippen LogP contribution in [0.1, 0.15) is 26.4 Å². The molecule has 1 saturated heterocycles. The third-order valence-corrected chi connectivity index (χ3v) is 6.23. The van der Waals surface area contributed by atoms with Crippen LogP contribution >= 0.6 is 11.3 Å². The molecule has 0 saturated carbocycles. The number of hydrogen-bond donors (Lipinski definition) is 0. The van der Waals surface area contributed by atoms with Crippen molar-refractivity contribution in [1.82, 2.24) is 14.9 Å². The van der Waals surface area contributed by atoms with Gasteiger partial charge in [-0.1, -0.05) is 17.7 Å². The minimum Gasteiger partial charge on any atom is -0.352 e. The van der Waals surface area contributed by atoms with Crippen molar-refractivity contribution in [3.63, 3.8) is 0 Å². The summed E-state index contributed by atoms with van der Waals surface area (Å²) in [6.45, 7) is 9.29. The molecule has 6 heteroatoms. The minimum absolute atomic E-state index is 0.111. The van der Waals surface area contributed by atoms with Crippen molar-refractivity contribution in [3.8, 4) is 0 Å². The first-order valence-corrected chi connectivity index (χ1v) is 9.68. The SMILES string of the molecule is Cc1ccc(C(=O)N2CCN(c3ncnc4sc(C)c(C)c34)CC2)cc1. The van der Waals surface area contributed by atoms with E-state index in [4.69, 9.17) is 0 Å². The van der Waals surface area contributed by atoms with Crippen LogP contribution < -0.4 is 4.90 Å². The van der Waals surface area contributed by atoms with Crippen LogP contribution in [0, 0.1) is 20.8 Å². The molecule has 5 nitrogen and oxygen atoms in total. The molecule has 0 spiro atoms. The molecule has 0 bridgehead atoms. The lowest BCUT2D eigenvalue weighted by Crippen LogP contribution is -2.49. The molecule has 26 heavy (non-hydrogen) atoms. The fraction of sp³-hybridized carbons (Fsp3) is 0.350. The lowest BCUT2D eigenvalue weighted by Gasteiger charge is -2.35. The molecule has 3 heterocycles. The van der Waals surface area contributed by atoms with Crippen LogP contribution in [0.25, 0.3) is 10.2 Å². The summed E-state index contributed by atoms with van der Waals surface area (Å²) in [5.74, 6) is 1.11. The molecule has 1 aromatic carbocycles. The van der Waals surface area contributed by atoms with Gasteiger partial charge in [0.15, 0.2) is 0 Å². The Morgan fingerprint density at radius 3 is 2.38 bits per heavy atom. The number of amides is 1. The number of nitrogens with zero attached hydrogens (tertiary/aromatic N) is 4. The van der Waals surface area contributed by atoms with Crippen LogP contribution in [0.5, 0.6) is 0 Å². The lowest BCUT2D eigenvalue weighted by atomic mass is 10.1. The molecule has 1 aliphatic heterocycles. The second kappa shape index (κ2) is 6.68.